The van der Waals surface area contributed by atoms with Crippen molar-refractivity contribution in [2.75, 3.05) is 5.32 Å². The predicted molar refractivity (Wildman–Crippen MR) is 80.4 cm³/mol. The van der Waals surface area contributed by atoms with Gasteiger partial charge in [0.05, 0.1) is 23.4 Å². The van der Waals surface area contributed by atoms with Gasteiger partial charge in [-0.2, -0.15) is 5.10 Å². The number of aromatic amines is 1. The third-order valence-electron chi connectivity index (χ3n) is 4.07. The predicted octanol–water partition coefficient (Wildman–Crippen LogP) is 3.12. The Morgan fingerprint density at radius 3 is 2.85 bits per heavy atom. The van der Waals surface area contributed by atoms with Crippen LogP contribution in [0.2, 0.25) is 0 Å². The third-order valence-corrected chi connectivity index (χ3v) is 4.07. The molecule has 0 saturated carbocycles. The van der Waals surface area contributed by atoms with Crippen LogP contribution in [-0.4, -0.2) is 10.2 Å². The molecular formula is C16H16N4. The lowest BCUT2D eigenvalue weighted by atomic mass is 10.1. The molecule has 0 radical (unpaired) electrons. The zero-order valence-corrected chi connectivity index (χ0v) is 11.0. The molecule has 0 amide bonds. The first-order chi connectivity index (χ1) is 9.83. The normalized spacial score (nSPS) is 21.1. The smallest absolute Gasteiger partial charge is 0.0881 e. The van der Waals surface area contributed by atoms with Crippen molar-refractivity contribution < 1.29 is 0 Å². The van der Waals surface area contributed by atoms with Gasteiger partial charge in [-0.05, 0) is 23.6 Å². The number of aromatic nitrogens is 2. The third kappa shape index (κ3) is 1.69. The van der Waals surface area contributed by atoms with Crippen molar-refractivity contribution in [3.05, 3.63) is 59.8 Å². The molecule has 1 aromatic heterocycles. The highest BCUT2D eigenvalue weighted by molar-refractivity contribution is 5.90. The molecule has 4 nitrogen and oxygen atoms in total. The van der Waals surface area contributed by atoms with E-state index in [1.165, 1.54) is 11.1 Å². The average molecular weight is 264 g/mol. The summed E-state index contributed by atoms with van der Waals surface area (Å²) in [7, 11) is 0. The van der Waals surface area contributed by atoms with Crippen LogP contribution in [0.3, 0.4) is 0 Å². The summed E-state index contributed by atoms with van der Waals surface area (Å²) in [4.78, 5) is 0. The van der Waals surface area contributed by atoms with E-state index >= 15 is 0 Å². The molecule has 4 N–H and O–H groups in total. The maximum Gasteiger partial charge on any atom is 0.0881 e. The molecule has 0 bridgehead atoms. The Morgan fingerprint density at radius 2 is 1.95 bits per heavy atom. The second kappa shape index (κ2) is 4.35. The number of nitrogens with two attached hydrogens (primary N) is 1. The number of anilines is 1. The van der Waals surface area contributed by atoms with Crippen LogP contribution in [0, 0.1) is 0 Å². The summed E-state index contributed by atoms with van der Waals surface area (Å²) >= 11 is 0. The van der Waals surface area contributed by atoms with E-state index in [9.17, 15) is 0 Å². The first-order valence-electron chi connectivity index (χ1n) is 6.86. The quantitative estimate of drug-likeness (QED) is 0.666. The molecule has 0 saturated heterocycles. The lowest BCUT2D eigenvalue weighted by molar-refractivity contribution is 0.649. The van der Waals surface area contributed by atoms with E-state index in [0.717, 1.165) is 23.0 Å². The molecule has 3 aromatic rings. The molecule has 2 atom stereocenters. The molecule has 2 unspecified atom stereocenters. The minimum Gasteiger partial charge on any atom is -0.376 e. The molecule has 4 heteroatoms. The standard InChI is InChI=1S/C16H16N4/c17-13-8-15(12-6-2-1-5-11(12)13)19-14-7-3-4-10-9-18-20-16(10)14/h1-7,9,13,15,19H,8,17H2,(H,18,20). The number of nitrogens with one attached hydrogen (secondary N) is 2. The Morgan fingerprint density at radius 1 is 1.10 bits per heavy atom. The maximum absolute atomic E-state index is 6.22. The van der Waals surface area contributed by atoms with Gasteiger partial charge in [0.25, 0.3) is 0 Å². The van der Waals surface area contributed by atoms with E-state index in [1.807, 2.05) is 12.3 Å². The molecule has 4 rings (SSSR count). The molecule has 0 aliphatic heterocycles. The first-order valence-corrected chi connectivity index (χ1v) is 6.86. The molecule has 2 aromatic carbocycles. The van der Waals surface area contributed by atoms with Gasteiger partial charge in [0, 0.05) is 11.4 Å². The van der Waals surface area contributed by atoms with E-state index in [0.29, 0.717) is 0 Å². The van der Waals surface area contributed by atoms with E-state index in [1.54, 1.807) is 0 Å². The fourth-order valence-electron chi connectivity index (χ4n) is 3.09. The van der Waals surface area contributed by atoms with Gasteiger partial charge in [-0.3, -0.25) is 5.10 Å². The molecule has 100 valence electrons. The van der Waals surface area contributed by atoms with Crippen LogP contribution < -0.4 is 11.1 Å². The van der Waals surface area contributed by atoms with Crippen molar-refractivity contribution in [2.45, 2.75) is 18.5 Å². The molecular weight excluding hydrogens is 248 g/mol. The minimum absolute atomic E-state index is 0.115. The van der Waals surface area contributed by atoms with Gasteiger partial charge >= 0.3 is 0 Å². The van der Waals surface area contributed by atoms with E-state index < -0.39 is 0 Å². The highest BCUT2D eigenvalue weighted by atomic mass is 15.1. The summed E-state index contributed by atoms with van der Waals surface area (Å²) in [6.07, 6.45) is 2.76. The van der Waals surface area contributed by atoms with Gasteiger partial charge in [-0.1, -0.05) is 36.4 Å². The second-order valence-corrected chi connectivity index (χ2v) is 5.31. The van der Waals surface area contributed by atoms with Crippen LogP contribution in [0.1, 0.15) is 29.6 Å². The lowest BCUT2D eigenvalue weighted by Crippen LogP contribution is -2.10. The number of hydrogen-bond acceptors (Lipinski definition) is 3. The zero-order valence-electron chi connectivity index (χ0n) is 11.0. The maximum atomic E-state index is 6.22. The number of para-hydroxylation sites is 1. The fourth-order valence-corrected chi connectivity index (χ4v) is 3.09. The number of fused-ring (bicyclic) bond motifs is 2. The van der Waals surface area contributed by atoms with Crippen molar-refractivity contribution in [1.82, 2.24) is 10.2 Å². The Balaban J connectivity index is 1.72. The van der Waals surface area contributed by atoms with Crippen LogP contribution in [0.4, 0.5) is 5.69 Å². The van der Waals surface area contributed by atoms with Crippen molar-refractivity contribution in [3.63, 3.8) is 0 Å². The average Bonchev–Trinajstić information content (AvgIpc) is 3.06. The summed E-state index contributed by atoms with van der Waals surface area (Å²) in [6, 6.07) is 15.0. The van der Waals surface area contributed by atoms with Gasteiger partial charge in [0.1, 0.15) is 0 Å². The minimum atomic E-state index is 0.115. The van der Waals surface area contributed by atoms with E-state index in [4.69, 9.17) is 5.73 Å². The molecule has 1 heterocycles. The Kier molecular flexibility index (Phi) is 2.50. The van der Waals surface area contributed by atoms with Crippen LogP contribution in [-0.2, 0) is 0 Å². The molecule has 0 spiro atoms. The van der Waals surface area contributed by atoms with Crippen molar-refractivity contribution in [3.8, 4) is 0 Å². The highest BCUT2D eigenvalue weighted by Gasteiger charge is 2.28. The molecule has 20 heavy (non-hydrogen) atoms. The van der Waals surface area contributed by atoms with Gasteiger partial charge in [0.15, 0.2) is 0 Å². The van der Waals surface area contributed by atoms with Gasteiger partial charge < -0.3 is 11.1 Å². The SMILES string of the molecule is NC1CC(Nc2cccc3cn[nH]c23)c2ccccc21. The van der Waals surface area contributed by atoms with Gasteiger partial charge in [-0.15, -0.1) is 0 Å². The number of benzene rings is 2. The monoisotopic (exact) mass is 264 g/mol. The Bertz CT molecular complexity index is 762. The fraction of sp³-hybridized carbons (Fsp3) is 0.188. The lowest BCUT2D eigenvalue weighted by Gasteiger charge is -2.16. The van der Waals surface area contributed by atoms with Gasteiger partial charge in [-0.25, -0.2) is 0 Å². The first kappa shape index (κ1) is 11.5. The number of hydrogen-bond donors (Lipinski definition) is 3. The summed E-state index contributed by atoms with van der Waals surface area (Å²) in [5, 5.41) is 11.9. The van der Waals surface area contributed by atoms with Crippen LogP contribution in [0.25, 0.3) is 10.9 Å². The van der Waals surface area contributed by atoms with Gasteiger partial charge in [0.2, 0.25) is 0 Å². The largest absolute Gasteiger partial charge is 0.376 e. The summed E-state index contributed by atoms with van der Waals surface area (Å²) in [5.41, 5.74) is 10.9. The van der Waals surface area contributed by atoms with Crippen LogP contribution in [0.5, 0.6) is 0 Å². The van der Waals surface area contributed by atoms with Crippen LogP contribution in [0.15, 0.2) is 48.7 Å². The van der Waals surface area contributed by atoms with Crippen molar-refractivity contribution >= 4 is 16.6 Å². The summed E-state index contributed by atoms with van der Waals surface area (Å²) in [6.45, 7) is 0. The zero-order chi connectivity index (χ0) is 13.5. The van der Waals surface area contributed by atoms with Crippen molar-refractivity contribution in [1.29, 1.82) is 0 Å². The highest BCUT2D eigenvalue weighted by Crippen LogP contribution is 2.39. The Hall–Kier alpha value is -2.33. The Labute approximate surface area is 117 Å². The van der Waals surface area contributed by atoms with Crippen molar-refractivity contribution in [2.24, 2.45) is 5.73 Å². The van der Waals surface area contributed by atoms with Crippen LogP contribution >= 0.6 is 0 Å². The number of nitrogens with zero attached hydrogens (tertiary/aromatic N) is 1. The topological polar surface area (TPSA) is 66.7 Å². The molecule has 1 aliphatic rings. The molecule has 1 aliphatic carbocycles. The van der Waals surface area contributed by atoms with E-state index in [-0.39, 0.29) is 12.1 Å². The summed E-state index contributed by atoms with van der Waals surface area (Å²) < 4.78 is 0. The molecule has 0 fully saturated rings. The summed E-state index contributed by atoms with van der Waals surface area (Å²) in [5.74, 6) is 0. The number of rotatable bonds is 2. The number of H-pyrrole nitrogens is 1. The van der Waals surface area contributed by atoms with E-state index in [2.05, 4.69) is 51.9 Å². The second-order valence-electron chi connectivity index (χ2n) is 5.31.